The lowest BCUT2D eigenvalue weighted by molar-refractivity contribution is 0.239. The fourth-order valence-electron chi connectivity index (χ4n) is 2.71. The standard InChI is InChI=1S/C15H15F2N3O/c1-9-18-14-8-20(3-2-13(14)15(21)19-9)7-10-4-11(16)6-12(17)5-10/h4-6H,2-3,7-8H2,1H3,(H,18,19,21). The molecule has 1 aliphatic rings. The number of H-pyrrole nitrogens is 1. The van der Waals surface area contributed by atoms with Gasteiger partial charge in [-0.25, -0.2) is 13.8 Å². The molecule has 0 radical (unpaired) electrons. The minimum atomic E-state index is -0.576. The molecule has 1 aliphatic heterocycles. The highest BCUT2D eigenvalue weighted by Gasteiger charge is 2.20. The molecule has 6 heteroatoms. The lowest BCUT2D eigenvalue weighted by Gasteiger charge is -2.27. The molecule has 3 rings (SSSR count). The molecule has 4 nitrogen and oxygen atoms in total. The summed E-state index contributed by atoms with van der Waals surface area (Å²) in [5, 5.41) is 0. The molecule has 0 bridgehead atoms. The Hall–Kier alpha value is -2.08. The van der Waals surface area contributed by atoms with Crippen molar-refractivity contribution in [2.75, 3.05) is 6.54 Å². The summed E-state index contributed by atoms with van der Waals surface area (Å²) in [5.41, 5.74) is 1.95. The van der Waals surface area contributed by atoms with Crippen molar-refractivity contribution in [1.82, 2.24) is 14.9 Å². The molecule has 2 heterocycles. The van der Waals surface area contributed by atoms with E-state index in [1.165, 1.54) is 12.1 Å². The van der Waals surface area contributed by atoms with Crippen molar-refractivity contribution in [2.24, 2.45) is 0 Å². The first-order chi connectivity index (χ1) is 10.0. The first-order valence-corrected chi connectivity index (χ1v) is 6.77. The van der Waals surface area contributed by atoms with Crippen molar-refractivity contribution in [3.63, 3.8) is 0 Å². The van der Waals surface area contributed by atoms with Crippen LogP contribution in [-0.2, 0) is 19.5 Å². The molecule has 2 aromatic rings. The number of halogens is 2. The van der Waals surface area contributed by atoms with Crippen LogP contribution in [0.2, 0.25) is 0 Å². The van der Waals surface area contributed by atoms with Crippen LogP contribution in [0.5, 0.6) is 0 Å². The van der Waals surface area contributed by atoms with E-state index in [0.717, 1.165) is 11.8 Å². The van der Waals surface area contributed by atoms with Crippen LogP contribution in [0, 0.1) is 18.6 Å². The molecule has 1 aromatic carbocycles. The van der Waals surface area contributed by atoms with Gasteiger partial charge in [-0.3, -0.25) is 9.69 Å². The summed E-state index contributed by atoms with van der Waals surface area (Å²) >= 11 is 0. The number of aromatic amines is 1. The monoisotopic (exact) mass is 291 g/mol. The number of fused-ring (bicyclic) bond motifs is 1. The summed E-state index contributed by atoms with van der Waals surface area (Å²) in [7, 11) is 0. The van der Waals surface area contributed by atoms with Gasteiger partial charge in [0.25, 0.3) is 5.56 Å². The van der Waals surface area contributed by atoms with E-state index in [0.29, 0.717) is 43.0 Å². The Morgan fingerprint density at radius 2 is 2.00 bits per heavy atom. The quantitative estimate of drug-likeness (QED) is 0.919. The minimum Gasteiger partial charge on any atom is -0.311 e. The molecule has 0 fully saturated rings. The summed E-state index contributed by atoms with van der Waals surface area (Å²) in [6, 6.07) is 3.52. The van der Waals surface area contributed by atoms with Gasteiger partial charge in [-0.2, -0.15) is 0 Å². The van der Waals surface area contributed by atoms with Gasteiger partial charge in [0.1, 0.15) is 17.5 Å². The van der Waals surface area contributed by atoms with Gasteiger partial charge in [0.2, 0.25) is 0 Å². The average molecular weight is 291 g/mol. The SMILES string of the molecule is Cc1nc2c(c(=O)[nH]1)CCN(Cc1cc(F)cc(F)c1)C2. The second kappa shape index (κ2) is 5.37. The molecule has 0 saturated carbocycles. The lowest BCUT2D eigenvalue weighted by atomic mass is 10.1. The van der Waals surface area contributed by atoms with Crippen molar-refractivity contribution >= 4 is 0 Å². The zero-order valence-corrected chi connectivity index (χ0v) is 11.6. The van der Waals surface area contributed by atoms with Crippen LogP contribution in [0.4, 0.5) is 8.78 Å². The third-order valence-corrected chi connectivity index (χ3v) is 3.60. The molecular formula is C15H15F2N3O. The molecule has 0 atom stereocenters. The normalized spacial score (nSPS) is 15.0. The van der Waals surface area contributed by atoms with Gasteiger partial charge in [-0.05, 0) is 31.0 Å². The Labute approximate surface area is 120 Å². The Kier molecular flexibility index (Phi) is 3.55. The van der Waals surface area contributed by atoms with Crippen molar-refractivity contribution in [2.45, 2.75) is 26.4 Å². The van der Waals surface area contributed by atoms with Crippen molar-refractivity contribution in [1.29, 1.82) is 0 Å². The summed E-state index contributed by atoms with van der Waals surface area (Å²) in [4.78, 5) is 20.9. The van der Waals surface area contributed by atoms with E-state index in [9.17, 15) is 13.6 Å². The van der Waals surface area contributed by atoms with Gasteiger partial charge < -0.3 is 4.98 Å². The van der Waals surface area contributed by atoms with Crippen LogP contribution in [0.15, 0.2) is 23.0 Å². The van der Waals surface area contributed by atoms with Gasteiger partial charge in [-0.15, -0.1) is 0 Å². The number of hydrogen-bond donors (Lipinski definition) is 1. The summed E-state index contributed by atoms with van der Waals surface area (Å²) < 4.78 is 26.4. The zero-order chi connectivity index (χ0) is 15.0. The number of benzene rings is 1. The molecular weight excluding hydrogens is 276 g/mol. The van der Waals surface area contributed by atoms with Gasteiger partial charge in [-0.1, -0.05) is 0 Å². The first kappa shape index (κ1) is 13.9. The van der Waals surface area contributed by atoms with Crippen LogP contribution >= 0.6 is 0 Å². The Bertz CT molecular complexity index is 722. The number of hydrogen-bond acceptors (Lipinski definition) is 3. The topological polar surface area (TPSA) is 49.0 Å². The first-order valence-electron chi connectivity index (χ1n) is 6.77. The molecule has 0 spiro atoms. The van der Waals surface area contributed by atoms with Crippen molar-refractivity contribution < 1.29 is 8.78 Å². The lowest BCUT2D eigenvalue weighted by Crippen LogP contribution is -2.35. The predicted molar refractivity (Wildman–Crippen MR) is 73.8 cm³/mol. The van der Waals surface area contributed by atoms with Crippen LogP contribution in [-0.4, -0.2) is 21.4 Å². The molecule has 0 unspecified atom stereocenters. The fraction of sp³-hybridized carbons (Fsp3) is 0.333. The van der Waals surface area contributed by atoms with Crippen LogP contribution in [0.3, 0.4) is 0 Å². The fourth-order valence-corrected chi connectivity index (χ4v) is 2.71. The molecule has 0 saturated heterocycles. The van der Waals surface area contributed by atoms with Crippen LogP contribution in [0.25, 0.3) is 0 Å². The smallest absolute Gasteiger partial charge is 0.254 e. The molecule has 0 amide bonds. The minimum absolute atomic E-state index is 0.0889. The van der Waals surface area contributed by atoms with E-state index in [-0.39, 0.29) is 5.56 Å². The third kappa shape index (κ3) is 3.00. The summed E-state index contributed by atoms with van der Waals surface area (Å²) in [6.45, 7) is 3.35. The molecule has 0 aliphatic carbocycles. The average Bonchev–Trinajstić information content (AvgIpc) is 2.36. The second-order valence-corrected chi connectivity index (χ2v) is 5.31. The summed E-state index contributed by atoms with van der Waals surface area (Å²) in [6.07, 6.45) is 0.593. The zero-order valence-electron chi connectivity index (χ0n) is 11.6. The van der Waals surface area contributed by atoms with Gasteiger partial charge in [0, 0.05) is 31.3 Å². The number of aromatic nitrogens is 2. The second-order valence-electron chi connectivity index (χ2n) is 5.31. The maximum Gasteiger partial charge on any atom is 0.254 e. The summed E-state index contributed by atoms with van der Waals surface area (Å²) in [5.74, 6) is -0.571. The van der Waals surface area contributed by atoms with E-state index < -0.39 is 11.6 Å². The third-order valence-electron chi connectivity index (χ3n) is 3.60. The largest absolute Gasteiger partial charge is 0.311 e. The predicted octanol–water partition coefficient (Wildman–Crippen LogP) is 1.91. The van der Waals surface area contributed by atoms with Gasteiger partial charge in [0.05, 0.1) is 5.69 Å². The molecule has 1 aromatic heterocycles. The Morgan fingerprint density at radius 3 is 2.71 bits per heavy atom. The van der Waals surface area contributed by atoms with Crippen molar-refractivity contribution in [3.8, 4) is 0 Å². The van der Waals surface area contributed by atoms with Crippen LogP contribution in [0.1, 0.15) is 22.6 Å². The maximum atomic E-state index is 13.2. The number of rotatable bonds is 2. The van der Waals surface area contributed by atoms with E-state index in [2.05, 4.69) is 9.97 Å². The number of nitrogens with one attached hydrogen (secondary N) is 1. The van der Waals surface area contributed by atoms with Gasteiger partial charge in [0.15, 0.2) is 0 Å². The Morgan fingerprint density at radius 1 is 1.29 bits per heavy atom. The number of nitrogens with zero attached hydrogens (tertiary/aromatic N) is 2. The van der Waals surface area contributed by atoms with E-state index in [4.69, 9.17) is 0 Å². The van der Waals surface area contributed by atoms with Crippen LogP contribution < -0.4 is 5.56 Å². The highest BCUT2D eigenvalue weighted by molar-refractivity contribution is 5.22. The van der Waals surface area contributed by atoms with Crippen molar-refractivity contribution in [3.05, 3.63) is 62.8 Å². The molecule has 1 N–H and O–H groups in total. The van der Waals surface area contributed by atoms with E-state index >= 15 is 0 Å². The highest BCUT2D eigenvalue weighted by atomic mass is 19.1. The van der Waals surface area contributed by atoms with Gasteiger partial charge >= 0.3 is 0 Å². The van der Waals surface area contributed by atoms with E-state index in [1.807, 2.05) is 4.90 Å². The maximum absolute atomic E-state index is 13.2. The molecule has 110 valence electrons. The van der Waals surface area contributed by atoms with E-state index in [1.54, 1.807) is 6.92 Å². The highest BCUT2D eigenvalue weighted by Crippen LogP contribution is 2.17. The number of aryl methyl sites for hydroxylation is 1. The Balaban J connectivity index is 1.81. The molecule has 21 heavy (non-hydrogen) atoms.